The first-order valence-corrected chi connectivity index (χ1v) is 6.17. The third kappa shape index (κ3) is 3.88. The van der Waals surface area contributed by atoms with Gasteiger partial charge >= 0.3 is 0 Å². The number of thiocarbonyl (C=S) groups is 1. The van der Waals surface area contributed by atoms with Gasteiger partial charge in [-0.2, -0.15) is 0 Å². The zero-order valence-electron chi connectivity index (χ0n) is 7.95. The SMILES string of the molecule is CC(=S)Oc1c(Cl)cc(NS(=O)[O-])cc1Cl. The summed E-state index contributed by atoms with van der Waals surface area (Å²) < 4.78 is 28.1. The van der Waals surface area contributed by atoms with E-state index in [1.54, 1.807) is 6.92 Å². The third-order valence-electron chi connectivity index (χ3n) is 1.45. The predicted octanol–water partition coefficient (Wildman–Crippen LogP) is 2.93. The summed E-state index contributed by atoms with van der Waals surface area (Å²) in [5.74, 6) is 0.207. The van der Waals surface area contributed by atoms with Crippen molar-refractivity contribution in [3.63, 3.8) is 0 Å². The first-order valence-electron chi connectivity index (χ1n) is 3.93. The van der Waals surface area contributed by atoms with Gasteiger partial charge in [0.05, 0.1) is 10.0 Å². The molecule has 1 aromatic carbocycles. The van der Waals surface area contributed by atoms with Crippen molar-refractivity contribution in [2.75, 3.05) is 4.72 Å². The van der Waals surface area contributed by atoms with Gasteiger partial charge in [-0.05, 0) is 24.4 Å². The second-order valence-electron chi connectivity index (χ2n) is 2.70. The predicted molar refractivity (Wildman–Crippen MR) is 67.9 cm³/mol. The van der Waals surface area contributed by atoms with Crippen molar-refractivity contribution < 1.29 is 13.5 Å². The molecule has 0 aliphatic heterocycles. The smallest absolute Gasteiger partial charge is 0.165 e. The van der Waals surface area contributed by atoms with E-state index in [9.17, 15) is 8.76 Å². The molecule has 1 rings (SSSR count). The zero-order chi connectivity index (χ0) is 12.3. The summed E-state index contributed by atoms with van der Waals surface area (Å²) in [6.45, 7) is 1.57. The van der Waals surface area contributed by atoms with Gasteiger partial charge in [0.1, 0.15) is 0 Å². The number of benzene rings is 1. The van der Waals surface area contributed by atoms with Gasteiger partial charge in [-0.15, -0.1) is 0 Å². The molecule has 1 N–H and O–H groups in total. The largest absolute Gasteiger partial charge is 0.755 e. The Morgan fingerprint density at radius 1 is 1.50 bits per heavy atom. The van der Waals surface area contributed by atoms with E-state index in [2.05, 4.69) is 4.72 Å². The number of halogens is 2. The van der Waals surface area contributed by atoms with E-state index in [1.165, 1.54) is 12.1 Å². The fourth-order valence-electron chi connectivity index (χ4n) is 0.956. The van der Waals surface area contributed by atoms with E-state index < -0.39 is 11.3 Å². The van der Waals surface area contributed by atoms with Crippen LogP contribution in [0.15, 0.2) is 12.1 Å². The summed E-state index contributed by atoms with van der Waals surface area (Å²) in [5, 5.41) is 0.603. The summed E-state index contributed by atoms with van der Waals surface area (Å²) in [5.41, 5.74) is 0.248. The summed E-state index contributed by atoms with van der Waals surface area (Å²) in [6.07, 6.45) is 0. The van der Waals surface area contributed by atoms with Gasteiger partial charge in [-0.3, -0.25) is 4.21 Å². The zero-order valence-corrected chi connectivity index (χ0v) is 11.1. The standard InChI is InChI=1S/C8H7Cl2NO3S2/c1-4(15)14-8-6(9)2-5(3-7(8)10)11-16(12)13/h2-3,11H,1H3,(H,12,13)/p-1. The highest BCUT2D eigenvalue weighted by atomic mass is 35.5. The molecular formula is C8H6Cl2NO3S2-. The van der Waals surface area contributed by atoms with Crippen LogP contribution in [0.2, 0.25) is 10.0 Å². The van der Waals surface area contributed by atoms with E-state index in [1.807, 2.05) is 0 Å². The molecule has 0 bridgehead atoms. The topological polar surface area (TPSA) is 61.4 Å². The van der Waals surface area contributed by atoms with Crippen molar-refractivity contribution in [3.05, 3.63) is 22.2 Å². The van der Waals surface area contributed by atoms with Crippen LogP contribution in [0.4, 0.5) is 5.69 Å². The van der Waals surface area contributed by atoms with Crippen LogP contribution in [0, 0.1) is 0 Å². The molecule has 1 aromatic rings. The number of hydrogen-bond donors (Lipinski definition) is 1. The lowest BCUT2D eigenvalue weighted by Crippen LogP contribution is -2.04. The molecule has 0 fully saturated rings. The van der Waals surface area contributed by atoms with Crippen molar-refractivity contribution >= 4 is 57.4 Å². The molecule has 1 unspecified atom stereocenters. The Bertz CT molecular complexity index is 430. The summed E-state index contributed by atoms with van der Waals surface area (Å²) in [7, 11) is 0. The van der Waals surface area contributed by atoms with Crippen LogP contribution in [0.5, 0.6) is 5.75 Å². The van der Waals surface area contributed by atoms with Crippen molar-refractivity contribution in [2.45, 2.75) is 6.92 Å². The highest BCUT2D eigenvalue weighted by Crippen LogP contribution is 2.36. The van der Waals surface area contributed by atoms with Crippen LogP contribution >= 0.6 is 35.4 Å². The maximum absolute atomic E-state index is 10.4. The molecule has 0 heterocycles. The van der Waals surface area contributed by atoms with Crippen molar-refractivity contribution in [1.82, 2.24) is 0 Å². The minimum absolute atomic E-state index is 0.171. The minimum Gasteiger partial charge on any atom is -0.755 e. The first kappa shape index (κ1) is 13.7. The van der Waals surface area contributed by atoms with Crippen LogP contribution in [0.3, 0.4) is 0 Å². The Balaban J connectivity index is 3.06. The van der Waals surface area contributed by atoms with Crippen LogP contribution in [-0.4, -0.2) is 13.8 Å². The van der Waals surface area contributed by atoms with Crippen LogP contribution in [0.25, 0.3) is 0 Å². The number of rotatable bonds is 3. The Kier molecular flexibility index (Phi) is 4.94. The van der Waals surface area contributed by atoms with E-state index in [4.69, 9.17) is 40.2 Å². The molecule has 0 aliphatic carbocycles. The molecule has 4 nitrogen and oxygen atoms in total. The molecule has 0 aliphatic rings. The highest BCUT2D eigenvalue weighted by Gasteiger charge is 2.10. The molecule has 0 amide bonds. The molecule has 88 valence electrons. The quantitative estimate of drug-likeness (QED) is 0.688. The lowest BCUT2D eigenvalue weighted by atomic mass is 10.3. The van der Waals surface area contributed by atoms with Crippen LogP contribution in [-0.2, 0) is 11.3 Å². The normalized spacial score (nSPS) is 12.0. The molecule has 0 aromatic heterocycles. The summed E-state index contributed by atoms with van der Waals surface area (Å²) >= 11 is 14.0. The van der Waals surface area contributed by atoms with Gasteiger partial charge < -0.3 is 14.0 Å². The Labute approximate surface area is 110 Å². The average Bonchev–Trinajstić information content (AvgIpc) is 2.10. The molecule has 0 radical (unpaired) electrons. The lowest BCUT2D eigenvalue weighted by Gasteiger charge is -2.12. The van der Waals surface area contributed by atoms with Crippen LogP contribution < -0.4 is 9.46 Å². The van der Waals surface area contributed by atoms with Gasteiger partial charge in [0.15, 0.2) is 10.8 Å². The van der Waals surface area contributed by atoms with E-state index >= 15 is 0 Å². The van der Waals surface area contributed by atoms with Crippen molar-refractivity contribution in [1.29, 1.82) is 0 Å². The second-order valence-corrected chi connectivity index (χ2v) is 4.76. The number of nitrogens with one attached hydrogen (secondary N) is 1. The Morgan fingerprint density at radius 3 is 2.38 bits per heavy atom. The molecule has 0 saturated heterocycles. The van der Waals surface area contributed by atoms with Crippen LogP contribution in [0.1, 0.15) is 6.92 Å². The van der Waals surface area contributed by atoms with Crippen molar-refractivity contribution in [2.24, 2.45) is 0 Å². The fraction of sp³-hybridized carbons (Fsp3) is 0.125. The lowest BCUT2D eigenvalue weighted by molar-refractivity contribution is 0.542. The molecule has 8 heteroatoms. The summed E-state index contributed by atoms with van der Waals surface area (Å²) in [4.78, 5) is 0. The maximum Gasteiger partial charge on any atom is 0.165 e. The number of hydrogen-bond acceptors (Lipinski definition) is 4. The van der Waals surface area contributed by atoms with E-state index in [0.717, 1.165) is 0 Å². The molecule has 0 spiro atoms. The van der Waals surface area contributed by atoms with Gasteiger partial charge in [0.25, 0.3) is 0 Å². The molecular weight excluding hydrogens is 293 g/mol. The maximum atomic E-state index is 10.4. The Morgan fingerprint density at radius 2 is 2.00 bits per heavy atom. The van der Waals surface area contributed by atoms with Crippen molar-refractivity contribution in [3.8, 4) is 5.75 Å². The van der Waals surface area contributed by atoms with E-state index in [-0.39, 0.29) is 26.5 Å². The average molecular weight is 299 g/mol. The molecule has 0 saturated carbocycles. The van der Waals surface area contributed by atoms with Gasteiger partial charge in [-0.1, -0.05) is 23.2 Å². The Hall–Kier alpha value is -0.400. The third-order valence-corrected chi connectivity index (χ3v) is 2.49. The fourth-order valence-corrected chi connectivity index (χ4v) is 1.91. The number of ether oxygens (including phenoxy) is 1. The monoisotopic (exact) mass is 298 g/mol. The van der Waals surface area contributed by atoms with Gasteiger partial charge in [0, 0.05) is 23.9 Å². The van der Waals surface area contributed by atoms with Gasteiger partial charge in [0.2, 0.25) is 0 Å². The first-order chi connectivity index (χ1) is 7.40. The molecule has 16 heavy (non-hydrogen) atoms. The molecule has 1 atom stereocenters. The summed E-state index contributed by atoms with van der Waals surface area (Å²) in [6, 6.07) is 2.74. The minimum atomic E-state index is -2.43. The van der Waals surface area contributed by atoms with Gasteiger partial charge in [-0.25, -0.2) is 0 Å². The number of anilines is 1. The van der Waals surface area contributed by atoms with E-state index in [0.29, 0.717) is 0 Å². The highest BCUT2D eigenvalue weighted by molar-refractivity contribution is 7.80. The second kappa shape index (κ2) is 5.79.